The number of hydrogen-bond donors (Lipinski definition) is 0. The molecule has 0 unspecified atom stereocenters. The fourth-order valence-electron chi connectivity index (χ4n) is 3.16. The molecular formula is C23H35ClO4. The molecule has 0 heterocycles. The maximum Gasteiger partial charge on any atom is 0.328 e. The summed E-state index contributed by atoms with van der Waals surface area (Å²) in [5.41, 5.74) is -1.26. The quantitative estimate of drug-likeness (QED) is 0.147. The van der Waals surface area contributed by atoms with E-state index in [1.165, 1.54) is 32.1 Å². The molecule has 0 atom stereocenters. The molecule has 1 aromatic carbocycles. The predicted molar refractivity (Wildman–Crippen MR) is 114 cm³/mol. The van der Waals surface area contributed by atoms with E-state index in [2.05, 4.69) is 6.92 Å². The summed E-state index contributed by atoms with van der Waals surface area (Å²) in [5.74, 6) is -0.684. The minimum absolute atomic E-state index is 0.339. The van der Waals surface area contributed by atoms with Crippen molar-refractivity contribution in [1.82, 2.24) is 0 Å². The fourth-order valence-corrected chi connectivity index (χ4v) is 3.28. The van der Waals surface area contributed by atoms with Crippen molar-refractivity contribution >= 4 is 23.5 Å². The van der Waals surface area contributed by atoms with E-state index in [1.54, 1.807) is 24.3 Å². The van der Waals surface area contributed by atoms with Gasteiger partial charge >= 0.3 is 11.9 Å². The van der Waals surface area contributed by atoms with E-state index in [9.17, 15) is 9.59 Å². The SMILES string of the molecule is CCCCCCCCCCOC(=O)C(CC)(CC)C(=O)Oc1ccc(Cl)cc1. The first-order valence-corrected chi connectivity index (χ1v) is 11.0. The van der Waals surface area contributed by atoms with Gasteiger partial charge in [-0.1, -0.05) is 77.3 Å². The van der Waals surface area contributed by atoms with Gasteiger partial charge in [-0.25, -0.2) is 0 Å². The zero-order valence-electron chi connectivity index (χ0n) is 17.6. The Hall–Kier alpha value is -1.55. The number of carbonyl (C=O) groups excluding carboxylic acids is 2. The fraction of sp³-hybridized carbons (Fsp3) is 0.652. The van der Waals surface area contributed by atoms with Crippen molar-refractivity contribution in [2.24, 2.45) is 5.41 Å². The Morgan fingerprint density at radius 1 is 0.821 bits per heavy atom. The first-order valence-electron chi connectivity index (χ1n) is 10.6. The van der Waals surface area contributed by atoms with Gasteiger partial charge in [0.2, 0.25) is 0 Å². The van der Waals surface area contributed by atoms with Crippen LogP contribution in [0.5, 0.6) is 5.75 Å². The molecule has 0 aliphatic heterocycles. The molecule has 1 rings (SSSR count). The lowest BCUT2D eigenvalue weighted by Gasteiger charge is -2.26. The summed E-state index contributed by atoms with van der Waals surface area (Å²) < 4.78 is 10.9. The van der Waals surface area contributed by atoms with Crippen LogP contribution in [0.4, 0.5) is 0 Å². The van der Waals surface area contributed by atoms with Crippen LogP contribution in [-0.2, 0) is 14.3 Å². The number of benzene rings is 1. The number of esters is 2. The molecule has 0 aromatic heterocycles. The molecule has 0 radical (unpaired) electrons. The summed E-state index contributed by atoms with van der Waals surface area (Å²) in [6.45, 7) is 6.18. The van der Waals surface area contributed by atoms with Gasteiger partial charge in [-0.2, -0.15) is 0 Å². The number of halogens is 1. The van der Waals surface area contributed by atoms with Gasteiger partial charge in [0, 0.05) is 5.02 Å². The lowest BCUT2D eigenvalue weighted by Crippen LogP contribution is -2.42. The van der Waals surface area contributed by atoms with Crippen LogP contribution in [0.3, 0.4) is 0 Å². The molecule has 5 heteroatoms. The number of hydrogen-bond acceptors (Lipinski definition) is 4. The lowest BCUT2D eigenvalue weighted by molar-refractivity contribution is -0.168. The zero-order chi connectivity index (χ0) is 20.8. The highest BCUT2D eigenvalue weighted by atomic mass is 35.5. The largest absolute Gasteiger partial charge is 0.465 e. The van der Waals surface area contributed by atoms with Crippen molar-refractivity contribution in [3.8, 4) is 5.75 Å². The van der Waals surface area contributed by atoms with Crippen LogP contribution in [0.25, 0.3) is 0 Å². The van der Waals surface area contributed by atoms with Gasteiger partial charge in [0.25, 0.3) is 0 Å². The molecule has 0 N–H and O–H groups in total. The second-order valence-corrected chi connectivity index (χ2v) is 7.68. The van der Waals surface area contributed by atoms with Crippen LogP contribution >= 0.6 is 11.6 Å². The second-order valence-electron chi connectivity index (χ2n) is 7.24. The normalized spacial score (nSPS) is 11.3. The zero-order valence-corrected chi connectivity index (χ0v) is 18.4. The molecule has 0 fully saturated rings. The third-order valence-corrected chi connectivity index (χ3v) is 5.50. The van der Waals surface area contributed by atoms with Crippen molar-refractivity contribution in [3.05, 3.63) is 29.3 Å². The predicted octanol–water partition coefficient (Wildman–Crippen LogP) is 6.74. The number of unbranched alkanes of at least 4 members (excludes halogenated alkanes) is 7. The summed E-state index contributed by atoms with van der Waals surface area (Å²) in [5, 5.41) is 0.557. The Kier molecular flexibility index (Phi) is 11.9. The average molecular weight is 411 g/mol. The molecule has 28 heavy (non-hydrogen) atoms. The Morgan fingerprint density at radius 3 is 1.89 bits per heavy atom. The van der Waals surface area contributed by atoms with E-state index in [4.69, 9.17) is 21.1 Å². The van der Waals surface area contributed by atoms with Gasteiger partial charge in [0.1, 0.15) is 5.75 Å². The topological polar surface area (TPSA) is 52.6 Å². The van der Waals surface area contributed by atoms with Crippen LogP contribution < -0.4 is 4.74 Å². The standard InChI is InChI=1S/C23H35ClO4/c1-4-7-8-9-10-11-12-13-18-27-21(25)23(5-2,6-3)22(26)28-20-16-14-19(24)15-17-20/h14-17H,4-13,18H2,1-3H3. The van der Waals surface area contributed by atoms with E-state index in [0.717, 1.165) is 19.3 Å². The van der Waals surface area contributed by atoms with Crippen molar-refractivity contribution in [3.63, 3.8) is 0 Å². The molecule has 158 valence electrons. The molecular weight excluding hydrogens is 376 g/mol. The van der Waals surface area contributed by atoms with Gasteiger partial charge in [0.15, 0.2) is 5.41 Å². The first-order chi connectivity index (χ1) is 13.5. The summed E-state index contributed by atoms with van der Waals surface area (Å²) in [6, 6.07) is 6.51. The third kappa shape index (κ3) is 7.83. The number of ether oxygens (including phenoxy) is 2. The highest BCUT2D eigenvalue weighted by Gasteiger charge is 2.46. The maximum absolute atomic E-state index is 12.7. The molecule has 0 bridgehead atoms. The van der Waals surface area contributed by atoms with Crippen molar-refractivity contribution < 1.29 is 19.1 Å². The van der Waals surface area contributed by atoms with Gasteiger partial charge < -0.3 is 9.47 Å². The Balaban J connectivity index is 2.46. The third-order valence-electron chi connectivity index (χ3n) is 5.24. The minimum atomic E-state index is -1.26. The summed E-state index contributed by atoms with van der Waals surface area (Å²) in [4.78, 5) is 25.4. The monoisotopic (exact) mass is 410 g/mol. The van der Waals surface area contributed by atoms with Crippen LogP contribution in [0, 0.1) is 5.41 Å². The lowest BCUT2D eigenvalue weighted by atomic mass is 9.82. The highest BCUT2D eigenvalue weighted by Crippen LogP contribution is 2.31. The van der Waals surface area contributed by atoms with Gasteiger partial charge in [0.05, 0.1) is 6.61 Å². The van der Waals surface area contributed by atoms with Crippen molar-refractivity contribution in [2.45, 2.75) is 85.0 Å². The van der Waals surface area contributed by atoms with Crippen molar-refractivity contribution in [1.29, 1.82) is 0 Å². The molecule has 0 saturated heterocycles. The average Bonchev–Trinajstić information content (AvgIpc) is 2.70. The van der Waals surface area contributed by atoms with Gasteiger partial charge in [-0.3, -0.25) is 9.59 Å². The Labute approximate surface area is 174 Å². The summed E-state index contributed by atoms with van der Waals surface area (Å²) >= 11 is 5.85. The van der Waals surface area contributed by atoms with Crippen LogP contribution in [0.1, 0.15) is 85.0 Å². The first kappa shape index (κ1) is 24.5. The molecule has 0 saturated carbocycles. The molecule has 4 nitrogen and oxygen atoms in total. The van der Waals surface area contributed by atoms with E-state index in [-0.39, 0.29) is 0 Å². The van der Waals surface area contributed by atoms with E-state index < -0.39 is 17.4 Å². The Bertz CT molecular complexity index is 579. The minimum Gasteiger partial charge on any atom is -0.465 e. The summed E-state index contributed by atoms with van der Waals surface area (Å²) in [6.07, 6.45) is 10.1. The van der Waals surface area contributed by atoms with Crippen LogP contribution in [-0.4, -0.2) is 18.5 Å². The number of rotatable bonds is 14. The van der Waals surface area contributed by atoms with Gasteiger partial charge in [-0.05, 0) is 43.5 Å². The molecule has 0 aliphatic carbocycles. The van der Waals surface area contributed by atoms with E-state index in [0.29, 0.717) is 30.2 Å². The summed E-state index contributed by atoms with van der Waals surface area (Å²) in [7, 11) is 0. The van der Waals surface area contributed by atoms with Crippen molar-refractivity contribution in [2.75, 3.05) is 6.61 Å². The molecule has 0 spiro atoms. The smallest absolute Gasteiger partial charge is 0.328 e. The highest BCUT2D eigenvalue weighted by molar-refractivity contribution is 6.30. The van der Waals surface area contributed by atoms with Crippen LogP contribution in [0.15, 0.2) is 24.3 Å². The second kappa shape index (κ2) is 13.6. The van der Waals surface area contributed by atoms with Gasteiger partial charge in [-0.15, -0.1) is 0 Å². The molecule has 0 amide bonds. The maximum atomic E-state index is 12.7. The molecule has 0 aliphatic rings. The van der Waals surface area contributed by atoms with E-state index in [1.807, 2.05) is 13.8 Å². The number of carbonyl (C=O) groups is 2. The molecule has 1 aromatic rings. The van der Waals surface area contributed by atoms with E-state index >= 15 is 0 Å². The van der Waals surface area contributed by atoms with Crippen LogP contribution in [0.2, 0.25) is 5.02 Å². The Morgan fingerprint density at radius 2 is 1.36 bits per heavy atom.